The van der Waals surface area contributed by atoms with E-state index < -0.39 is 5.91 Å². The molecule has 0 spiro atoms. The SMILES string of the molecule is Cc1cc(CN(C)Cc2ccoc2C)oc1C(=O)NN. The van der Waals surface area contributed by atoms with Crippen molar-refractivity contribution in [3.63, 3.8) is 0 Å². The van der Waals surface area contributed by atoms with Crippen LogP contribution in [0.1, 0.15) is 33.2 Å². The lowest BCUT2D eigenvalue weighted by molar-refractivity contribution is 0.0921. The Morgan fingerprint density at radius 1 is 1.40 bits per heavy atom. The van der Waals surface area contributed by atoms with Crippen molar-refractivity contribution >= 4 is 5.91 Å². The van der Waals surface area contributed by atoms with E-state index in [-0.39, 0.29) is 5.76 Å². The van der Waals surface area contributed by atoms with Gasteiger partial charge in [0, 0.05) is 17.7 Å². The number of carbonyl (C=O) groups excluding carboxylic acids is 1. The summed E-state index contributed by atoms with van der Waals surface area (Å²) in [5, 5.41) is 0. The highest BCUT2D eigenvalue weighted by Gasteiger charge is 2.16. The van der Waals surface area contributed by atoms with E-state index in [0.29, 0.717) is 6.54 Å². The van der Waals surface area contributed by atoms with Crippen molar-refractivity contribution in [1.29, 1.82) is 0 Å². The average Bonchev–Trinajstić information content (AvgIpc) is 2.95. The van der Waals surface area contributed by atoms with Crippen LogP contribution in [0.25, 0.3) is 0 Å². The van der Waals surface area contributed by atoms with Crippen LogP contribution >= 0.6 is 0 Å². The van der Waals surface area contributed by atoms with Gasteiger partial charge in [0.2, 0.25) is 0 Å². The van der Waals surface area contributed by atoms with Crippen molar-refractivity contribution in [2.45, 2.75) is 26.9 Å². The zero-order valence-corrected chi connectivity index (χ0v) is 11.9. The summed E-state index contributed by atoms with van der Waals surface area (Å²) in [6, 6.07) is 3.80. The second-order valence-electron chi connectivity index (χ2n) is 4.87. The third kappa shape index (κ3) is 3.09. The van der Waals surface area contributed by atoms with Gasteiger partial charge in [-0.2, -0.15) is 0 Å². The number of hydrazine groups is 1. The highest BCUT2D eigenvalue weighted by Crippen LogP contribution is 2.17. The van der Waals surface area contributed by atoms with Crippen molar-refractivity contribution in [1.82, 2.24) is 10.3 Å². The molecule has 20 heavy (non-hydrogen) atoms. The van der Waals surface area contributed by atoms with Gasteiger partial charge < -0.3 is 8.83 Å². The maximum Gasteiger partial charge on any atom is 0.301 e. The summed E-state index contributed by atoms with van der Waals surface area (Å²) in [6.07, 6.45) is 1.68. The molecule has 2 rings (SSSR count). The Hall–Kier alpha value is -2.05. The Balaban J connectivity index is 2.03. The number of aryl methyl sites for hydroxylation is 2. The van der Waals surface area contributed by atoms with Gasteiger partial charge in [-0.15, -0.1) is 0 Å². The number of rotatable bonds is 5. The van der Waals surface area contributed by atoms with E-state index in [4.69, 9.17) is 14.7 Å². The van der Waals surface area contributed by atoms with Gasteiger partial charge in [-0.3, -0.25) is 15.1 Å². The molecule has 0 saturated heterocycles. The Labute approximate surface area is 117 Å². The number of hydrogen-bond acceptors (Lipinski definition) is 5. The van der Waals surface area contributed by atoms with E-state index in [9.17, 15) is 4.79 Å². The second kappa shape index (κ2) is 5.94. The van der Waals surface area contributed by atoms with E-state index in [1.807, 2.05) is 33.0 Å². The lowest BCUT2D eigenvalue weighted by Gasteiger charge is -2.14. The van der Waals surface area contributed by atoms with Crippen molar-refractivity contribution in [3.05, 3.63) is 46.8 Å². The lowest BCUT2D eigenvalue weighted by Crippen LogP contribution is -2.30. The molecule has 0 aliphatic heterocycles. The van der Waals surface area contributed by atoms with Crippen LogP contribution in [-0.4, -0.2) is 17.9 Å². The summed E-state index contributed by atoms with van der Waals surface area (Å²) in [7, 11) is 1.98. The molecule has 0 aromatic carbocycles. The highest BCUT2D eigenvalue weighted by molar-refractivity contribution is 5.92. The third-order valence-electron chi connectivity index (χ3n) is 3.14. The summed E-state index contributed by atoms with van der Waals surface area (Å²) >= 11 is 0. The quantitative estimate of drug-likeness (QED) is 0.494. The van der Waals surface area contributed by atoms with Gasteiger partial charge in [0.15, 0.2) is 5.76 Å². The minimum absolute atomic E-state index is 0.260. The molecular weight excluding hydrogens is 258 g/mol. The number of furan rings is 2. The first-order chi connectivity index (χ1) is 9.51. The van der Waals surface area contributed by atoms with Crippen LogP contribution in [0, 0.1) is 13.8 Å². The number of nitrogens with zero attached hydrogens (tertiary/aromatic N) is 1. The van der Waals surface area contributed by atoms with Crippen LogP contribution in [-0.2, 0) is 13.1 Å². The monoisotopic (exact) mass is 277 g/mol. The topological polar surface area (TPSA) is 84.6 Å². The van der Waals surface area contributed by atoms with Gasteiger partial charge in [0.05, 0.1) is 12.8 Å². The molecule has 1 amide bonds. The van der Waals surface area contributed by atoms with Gasteiger partial charge >= 0.3 is 5.91 Å². The zero-order chi connectivity index (χ0) is 14.7. The molecule has 6 nitrogen and oxygen atoms in total. The Bertz CT molecular complexity index is 601. The third-order valence-corrected chi connectivity index (χ3v) is 3.14. The summed E-state index contributed by atoms with van der Waals surface area (Å²) < 4.78 is 10.8. The van der Waals surface area contributed by atoms with E-state index >= 15 is 0 Å². The summed E-state index contributed by atoms with van der Waals surface area (Å²) in [4.78, 5) is 13.6. The van der Waals surface area contributed by atoms with Crippen molar-refractivity contribution < 1.29 is 13.6 Å². The minimum atomic E-state index is -0.415. The normalized spacial score (nSPS) is 11.1. The lowest BCUT2D eigenvalue weighted by atomic mass is 10.2. The van der Waals surface area contributed by atoms with E-state index in [0.717, 1.165) is 29.2 Å². The van der Waals surface area contributed by atoms with Crippen LogP contribution in [0.3, 0.4) is 0 Å². The zero-order valence-electron chi connectivity index (χ0n) is 11.9. The number of nitrogen functional groups attached to an aromatic ring is 1. The highest BCUT2D eigenvalue weighted by atomic mass is 16.4. The van der Waals surface area contributed by atoms with Crippen LogP contribution in [0.4, 0.5) is 0 Å². The number of hydrogen-bond donors (Lipinski definition) is 2. The van der Waals surface area contributed by atoms with Gasteiger partial charge in [-0.25, -0.2) is 5.84 Å². The first-order valence-electron chi connectivity index (χ1n) is 6.33. The summed E-state index contributed by atoms with van der Waals surface area (Å²) in [5.74, 6) is 6.59. The predicted molar refractivity (Wildman–Crippen MR) is 73.7 cm³/mol. The molecule has 0 aliphatic carbocycles. The minimum Gasteiger partial charge on any atom is -0.469 e. The molecule has 0 saturated carbocycles. The van der Waals surface area contributed by atoms with Gasteiger partial charge in [-0.1, -0.05) is 0 Å². The molecule has 3 N–H and O–H groups in total. The van der Waals surface area contributed by atoms with E-state index in [2.05, 4.69) is 10.3 Å². The molecular formula is C14H19N3O3. The molecule has 2 aromatic heterocycles. The fourth-order valence-electron chi connectivity index (χ4n) is 2.10. The molecule has 0 radical (unpaired) electrons. The molecule has 0 bridgehead atoms. The maximum absolute atomic E-state index is 11.5. The first kappa shape index (κ1) is 14.4. The summed E-state index contributed by atoms with van der Waals surface area (Å²) in [5.41, 5.74) is 3.98. The van der Waals surface area contributed by atoms with Gasteiger partial charge in [0.25, 0.3) is 0 Å². The average molecular weight is 277 g/mol. The number of amides is 1. The molecule has 0 atom stereocenters. The Kier molecular flexibility index (Phi) is 4.26. The molecule has 2 heterocycles. The Morgan fingerprint density at radius 3 is 2.75 bits per heavy atom. The largest absolute Gasteiger partial charge is 0.469 e. The molecule has 108 valence electrons. The fourth-order valence-corrected chi connectivity index (χ4v) is 2.10. The molecule has 0 aliphatic rings. The molecule has 0 unspecified atom stereocenters. The van der Waals surface area contributed by atoms with Crippen LogP contribution in [0.5, 0.6) is 0 Å². The molecule has 0 fully saturated rings. The Morgan fingerprint density at radius 2 is 2.15 bits per heavy atom. The number of carbonyl (C=O) groups is 1. The fraction of sp³-hybridized carbons (Fsp3) is 0.357. The maximum atomic E-state index is 11.5. The van der Waals surface area contributed by atoms with Gasteiger partial charge in [0.1, 0.15) is 11.5 Å². The number of nitrogens with two attached hydrogens (primary N) is 1. The molecule has 6 heteroatoms. The summed E-state index contributed by atoms with van der Waals surface area (Å²) in [6.45, 7) is 5.10. The van der Waals surface area contributed by atoms with Crippen LogP contribution in [0.2, 0.25) is 0 Å². The van der Waals surface area contributed by atoms with E-state index in [1.54, 1.807) is 6.26 Å². The molecule has 2 aromatic rings. The first-order valence-corrected chi connectivity index (χ1v) is 6.33. The smallest absolute Gasteiger partial charge is 0.301 e. The number of nitrogens with one attached hydrogen (secondary N) is 1. The predicted octanol–water partition coefficient (Wildman–Crippen LogP) is 1.72. The second-order valence-corrected chi connectivity index (χ2v) is 4.87. The van der Waals surface area contributed by atoms with Crippen molar-refractivity contribution in [2.75, 3.05) is 7.05 Å². The van der Waals surface area contributed by atoms with E-state index in [1.165, 1.54) is 0 Å². The van der Waals surface area contributed by atoms with Crippen molar-refractivity contribution in [3.8, 4) is 0 Å². The van der Waals surface area contributed by atoms with Gasteiger partial charge in [-0.05, 0) is 33.0 Å². The van der Waals surface area contributed by atoms with Crippen LogP contribution in [0.15, 0.2) is 27.2 Å². The van der Waals surface area contributed by atoms with Crippen molar-refractivity contribution in [2.24, 2.45) is 5.84 Å². The van der Waals surface area contributed by atoms with Crippen LogP contribution < -0.4 is 11.3 Å². The standard InChI is InChI=1S/C14H19N3O3/c1-9-6-12(20-13(9)14(18)16-15)8-17(3)7-11-4-5-19-10(11)2/h4-6H,7-8,15H2,1-3H3,(H,16,18).